The highest BCUT2D eigenvalue weighted by molar-refractivity contribution is 5.98. The van der Waals surface area contributed by atoms with Gasteiger partial charge in [-0.15, -0.1) is 6.58 Å². The van der Waals surface area contributed by atoms with Crippen molar-refractivity contribution in [2.24, 2.45) is 0 Å². The van der Waals surface area contributed by atoms with Gasteiger partial charge in [-0.3, -0.25) is 4.79 Å². The molecule has 0 saturated heterocycles. The minimum atomic E-state index is -0.115. The summed E-state index contributed by atoms with van der Waals surface area (Å²) in [4.78, 5) is 16.0. The monoisotopic (exact) mass is 217 g/mol. The molecule has 1 amide bonds. The third kappa shape index (κ3) is 2.59. The minimum absolute atomic E-state index is 0.115. The fourth-order valence-corrected chi connectivity index (χ4v) is 1.38. The molecule has 84 valence electrons. The summed E-state index contributed by atoms with van der Waals surface area (Å²) in [6, 6.07) is 4.03. The predicted octanol–water partition coefficient (Wildman–Crippen LogP) is 1.57. The van der Waals surface area contributed by atoms with Crippen molar-refractivity contribution in [2.75, 3.05) is 11.9 Å². The van der Waals surface area contributed by atoms with E-state index in [4.69, 9.17) is 0 Å². The van der Waals surface area contributed by atoms with Gasteiger partial charge in [-0.1, -0.05) is 6.08 Å². The van der Waals surface area contributed by atoms with E-state index in [1.807, 2.05) is 0 Å². The fraction of sp³-hybridized carbons (Fsp3) is 0.333. The number of hydrogen-bond acceptors (Lipinski definition) is 3. The SMILES string of the molecule is C=CCNC(=O)c1cccnc1NC1CC1. The summed E-state index contributed by atoms with van der Waals surface area (Å²) in [6.45, 7) is 4.03. The van der Waals surface area contributed by atoms with Crippen molar-refractivity contribution >= 4 is 11.7 Å². The van der Waals surface area contributed by atoms with Crippen molar-refractivity contribution in [2.45, 2.75) is 18.9 Å². The molecule has 0 aromatic carbocycles. The molecule has 1 heterocycles. The van der Waals surface area contributed by atoms with Crippen LogP contribution in [0.5, 0.6) is 0 Å². The zero-order chi connectivity index (χ0) is 11.4. The Labute approximate surface area is 94.8 Å². The van der Waals surface area contributed by atoms with Crippen molar-refractivity contribution < 1.29 is 4.79 Å². The Hall–Kier alpha value is -1.84. The van der Waals surface area contributed by atoms with Crippen molar-refractivity contribution in [3.8, 4) is 0 Å². The molecule has 2 rings (SSSR count). The van der Waals surface area contributed by atoms with E-state index in [9.17, 15) is 4.79 Å². The normalized spacial score (nSPS) is 14.2. The molecule has 0 bridgehead atoms. The summed E-state index contributed by atoms with van der Waals surface area (Å²) >= 11 is 0. The van der Waals surface area contributed by atoms with E-state index in [0.717, 1.165) is 12.8 Å². The first-order chi connectivity index (χ1) is 7.81. The van der Waals surface area contributed by atoms with Crippen LogP contribution in [0.2, 0.25) is 0 Å². The van der Waals surface area contributed by atoms with Gasteiger partial charge in [0, 0.05) is 18.8 Å². The maximum absolute atomic E-state index is 11.8. The number of nitrogens with one attached hydrogen (secondary N) is 2. The molecule has 16 heavy (non-hydrogen) atoms. The van der Waals surface area contributed by atoms with Crippen molar-refractivity contribution in [3.05, 3.63) is 36.5 Å². The Bertz CT molecular complexity index is 399. The Morgan fingerprint density at radius 1 is 1.62 bits per heavy atom. The molecule has 0 atom stereocenters. The third-order valence-corrected chi connectivity index (χ3v) is 2.38. The van der Waals surface area contributed by atoms with Gasteiger partial charge >= 0.3 is 0 Å². The number of amides is 1. The van der Waals surface area contributed by atoms with Crippen LogP contribution in [0, 0.1) is 0 Å². The number of nitrogens with zero attached hydrogens (tertiary/aromatic N) is 1. The molecule has 0 aliphatic heterocycles. The van der Waals surface area contributed by atoms with Crippen LogP contribution in [0.3, 0.4) is 0 Å². The van der Waals surface area contributed by atoms with Gasteiger partial charge in [0.25, 0.3) is 5.91 Å². The molecular formula is C12H15N3O. The lowest BCUT2D eigenvalue weighted by Crippen LogP contribution is -2.24. The number of hydrogen-bond donors (Lipinski definition) is 2. The second kappa shape index (κ2) is 4.79. The van der Waals surface area contributed by atoms with Crippen LogP contribution in [-0.2, 0) is 0 Å². The number of rotatable bonds is 5. The van der Waals surface area contributed by atoms with E-state index in [1.54, 1.807) is 24.4 Å². The van der Waals surface area contributed by atoms with Crippen molar-refractivity contribution in [1.82, 2.24) is 10.3 Å². The highest BCUT2D eigenvalue weighted by atomic mass is 16.1. The van der Waals surface area contributed by atoms with Crippen LogP contribution in [0.25, 0.3) is 0 Å². The lowest BCUT2D eigenvalue weighted by atomic mass is 10.2. The van der Waals surface area contributed by atoms with Gasteiger partial charge in [0.2, 0.25) is 0 Å². The maximum atomic E-state index is 11.8. The lowest BCUT2D eigenvalue weighted by molar-refractivity contribution is 0.0958. The Morgan fingerprint density at radius 2 is 2.44 bits per heavy atom. The molecule has 0 radical (unpaired) electrons. The Kier molecular flexibility index (Phi) is 3.19. The van der Waals surface area contributed by atoms with E-state index in [0.29, 0.717) is 24.0 Å². The average Bonchev–Trinajstić information content (AvgIpc) is 3.10. The summed E-state index contributed by atoms with van der Waals surface area (Å²) < 4.78 is 0. The van der Waals surface area contributed by atoms with Gasteiger partial charge in [0.1, 0.15) is 5.82 Å². The van der Waals surface area contributed by atoms with Gasteiger partial charge in [0.05, 0.1) is 5.56 Å². The van der Waals surface area contributed by atoms with E-state index in [2.05, 4.69) is 22.2 Å². The van der Waals surface area contributed by atoms with Gasteiger partial charge in [0.15, 0.2) is 0 Å². The van der Waals surface area contributed by atoms with Crippen LogP contribution in [0.4, 0.5) is 5.82 Å². The van der Waals surface area contributed by atoms with Crippen molar-refractivity contribution in [3.63, 3.8) is 0 Å². The molecule has 1 aromatic heterocycles. The highest BCUT2D eigenvalue weighted by Gasteiger charge is 2.23. The summed E-state index contributed by atoms with van der Waals surface area (Å²) in [7, 11) is 0. The second-order valence-corrected chi connectivity index (χ2v) is 3.82. The van der Waals surface area contributed by atoms with Gasteiger partial charge in [-0.2, -0.15) is 0 Å². The van der Waals surface area contributed by atoms with Gasteiger partial charge < -0.3 is 10.6 Å². The number of carbonyl (C=O) groups is 1. The summed E-state index contributed by atoms with van der Waals surface area (Å²) in [6.07, 6.45) is 5.66. The molecule has 1 fully saturated rings. The first-order valence-corrected chi connectivity index (χ1v) is 5.42. The predicted molar refractivity (Wildman–Crippen MR) is 63.4 cm³/mol. The molecule has 0 unspecified atom stereocenters. The second-order valence-electron chi connectivity index (χ2n) is 3.82. The Balaban J connectivity index is 2.10. The first-order valence-electron chi connectivity index (χ1n) is 5.42. The lowest BCUT2D eigenvalue weighted by Gasteiger charge is -2.09. The average molecular weight is 217 g/mol. The molecule has 1 saturated carbocycles. The van der Waals surface area contributed by atoms with Gasteiger partial charge in [-0.25, -0.2) is 4.98 Å². The molecule has 0 spiro atoms. The van der Waals surface area contributed by atoms with Crippen molar-refractivity contribution in [1.29, 1.82) is 0 Å². The maximum Gasteiger partial charge on any atom is 0.255 e. The number of anilines is 1. The molecule has 4 nitrogen and oxygen atoms in total. The smallest absolute Gasteiger partial charge is 0.255 e. The molecular weight excluding hydrogens is 202 g/mol. The largest absolute Gasteiger partial charge is 0.367 e. The van der Waals surface area contributed by atoms with E-state index >= 15 is 0 Å². The first kappa shape index (κ1) is 10.7. The third-order valence-electron chi connectivity index (χ3n) is 2.38. The number of aromatic nitrogens is 1. The zero-order valence-electron chi connectivity index (χ0n) is 9.07. The molecule has 2 N–H and O–H groups in total. The summed E-state index contributed by atoms with van der Waals surface area (Å²) in [5.74, 6) is 0.558. The quantitative estimate of drug-likeness (QED) is 0.736. The van der Waals surface area contributed by atoms with Crippen LogP contribution in [-0.4, -0.2) is 23.5 Å². The number of carbonyl (C=O) groups excluding carboxylic acids is 1. The van der Waals surface area contributed by atoms with Crippen LogP contribution >= 0.6 is 0 Å². The zero-order valence-corrected chi connectivity index (χ0v) is 9.07. The van der Waals surface area contributed by atoms with E-state index in [1.165, 1.54) is 0 Å². The van der Waals surface area contributed by atoms with Gasteiger partial charge in [-0.05, 0) is 25.0 Å². The number of pyridine rings is 1. The van der Waals surface area contributed by atoms with Crippen LogP contribution in [0.15, 0.2) is 31.0 Å². The molecule has 1 aliphatic rings. The van der Waals surface area contributed by atoms with E-state index in [-0.39, 0.29) is 5.91 Å². The van der Waals surface area contributed by atoms with E-state index < -0.39 is 0 Å². The highest BCUT2D eigenvalue weighted by Crippen LogP contribution is 2.25. The molecule has 4 heteroatoms. The van der Waals surface area contributed by atoms with Crippen LogP contribution in [0.1, 0.15) is 23.2 Å². The minimum Gasteiger partial charge on any atom is -0.367 e. The summed E-state index contributed by atoms with van der Waals surface area (Å²) in [5.41, 5.74) is 0.594. The molecule has 1 aliphatic carbocycles. The standard InChI is InChI=1S/C12H15N3O/c1-2-7-14-12(16)10-4-3-8-13-11(10)15-9-5-6-9/h2-4,8-9H,1,5-7H2,(H,13,15)(H,14,16). The Morgan fingerprint density at radius 3 is 3.12 bits per heavy atom. The van der Waals surface area contributed by atoms with Crippen LogP contribution < -0.4 is 10.6 Å². The topological polar surface area (TPSA) is 54.0 Å². The fourth-order valence-electron chi connectivity index (χ4n) is 1.38. The molecule has 1 aromatic rings. The summed E-state index contributed by atoms with van der Waals surface area (Å²) in [5, 5.41) is 5.99.